The van der Waals surface area contributed by atoms with Gasteiger partial charge in [0.05, 0.1) is 17.5 Å². The molecule has 0 aliphatic rings. The summed E-state index contributed by atoms with van der Waals surface area (Å²) in [6.07, 6.45) is 5.18. The van der Waals surface area contributed by atoms with E-state index in [1.54, 1.807) is 35.1 Å². The molecular weight excluding hydrogens is 565 g/mol. The largest absolute Gasteiger partial charge is 0.340 e. The Hall–Kier alpha value is -5.24. The van der Waals surface area contributed by atoms with Crippen LogP contribution in [0.2, 0.25) is 0 Å². The Kier molecular flexibility index (Phi) is 9.17. The van der Waals surface area contributed by atoms with Gasteiger partial charge in [0.25, 0.3) is 5.91 Å². The summed E-state index contributed by atoms with van der Waals surface area (Å²) in [6, 6.07) is 16.6. The molecular formula is C28H26FN7O5S. The van der Waals surface area contributed by atoms with Gasteiger partial charge >= 0.3 is 0 Å². The highest BCUT2D eigenvalue weighted by Crippen LogP contribution is 2.18. The van der Waals surface area contributed by atoms with Crippen molar-refractivity contribution in [1.29, 1.82) is 0 Å². The zero-order valence-electron chi connectivity index (χ0n) is 22.5. The quantitative estimate of drug-likeness (QED) is 0.236. The molecule has 0 radical (unpaired) electrons. The Morgan fingerprint density at radius 1 is 1.05 bits per heavy atom. The summed E-state index contributed by atoms with van der Waals surface area (Å²) < 4.78 is 40.4. The second-order valence-electron chi connectivity index (χ2n) is 9.29. The molecule has 0 fully saturated rings. The Labute approximate surface area is 240 Å². The maximum Gasteiger partial charge on any atom is 0.267 e. The summed E-state index contributed by atoms with van der Waals surface area (Å²) in [5.74, 6) is -3.39. The van der Waals surface area contributed by atoms with E-state index in [1.807, 2.05) is 31.2 Å². The molecule has 42 heavy (non-hydrogen) atoms. The highest BCUT2D eigenvalue weighted by Gasteiger charge is 2.22. The van der Waals surface area contributed by atoms with Gasteiger partial charge in [-0.25, -0.2) is 17.5 Å². The lowest BCUT2D eigenvalue weighted by molar-refractivity contribution is -0.123. The first-order chi connectivity index (χ1) is 20.0. The van der Waals surface area contributed by atoms with Crippen LogP contribution in [-0.2, 0) is 26.0 Å². The number of carbonyl (C=O) groups is 3. The maximum absolute atomic E-state index is 14.6. The van der Waals surface area contributed by atoms with Crippen LogP contribution in [-0.4, -0.2) is 58.6 Å². The highest BCUT2D eigenvalue weighted by molar-refractivity contribution is 7.89. The van der Waals surface area contributed by atoms with Crippen molar-refractivity contribution >= 4 is 39.5 Å². The third-order valence-electron chi connectivity index (χ3n) is 5.87. The lowest BCUT2D eigenvalue weighted by Crippen LogP contribution is -2.44. The number of carbonyl (C=O) groups excluding carboxylic acids is 3. The fourth-order valence-corrected chi connectivity index (χ4v) is 4.41. The second kappa shape index (κ2) is 13.0. The van der Waals surface area contributed by atoms with Crippen molar-refractivity contribution in [1.82, 2.24) is 30.2 Å². The molecule has 4 aromatic rings. The Balaban J connectivity index is 1.52. The van der Waals surface area contributed by atoms with E-state index in [0.29, 0.717) is 11.3 Å². The minimum atomic E-state index is -3.90. The Morgan fingerprint density at radius 2 is 1.81 bits per heavy atom. The van der Waals surface area contributed by atoms with E-state index in [0.717, 1.165) is 29.5 Å². The summed E-state index contributed by atoms with van der Waals surface area (Å²) >= 11 is 0. The summed E-state index contributed by atoms with van der Waals surface area (Å²) in [7, 11) is -3.90. The SMILES string of the molecule is Cc1ccc(-n2cnnn2)c(/C=C/C(=O)N[C@@H](Cc2ccccc2)C(=O)Nc2ccc(C(=O)NS(C)(=O)=O)c(F)c2)c1. The molecule has 0 bridgehead atoms. The van der Waals surface area contributed by atoms with E-state index >= 15 is 0 Å². The van der Waals surface area contributed by atoms with Crippen molar-refractivity contribution in [3.05, 3.63) is 107 Å². The molecule has 0 unspecified atom stereocenters. The van der Waals surface area contributed by atoms with Gasteiger partial charge in [-0.3, -0.25) is 14.4 Å². The van der Waals surface area contributed by atoms with E-state index in [-0.39, 0.29) is 12.1 Å². The van der Waals surface area contributed by atoms with Crippen LogP contribution in [0.5, 0.6) is 0 Å². The molecule has 4 rings (SSSR count). The minimum absolute atomic E-state index is 0.00195. The van der Waals surface area contributed by atoms with E-state index < -0.39 is 45.2 Å². The van der Waals surface area contributed by atoms with Gasteiger partial charge in [-0.2, -0.15) is 4.68 Å². The topological polar surface area (TPSA) is 165 Å². The standard InChI is InChI=1S/C28H26FN7O5S/c1-18-8-12-25(36-17-30-34-35-36)20(14-18)9-13-26(37)32-24(15-19-6-4-3-5-7-19)28(39)31-21-10-11-22(23(29)16-21)27(38)33-42(2,40)41/h3-14,16-17,24H,15H2,1-2H3,(H,31,39)(H,32,37)(H,33,38)/b13-9+/t24-/m0/s1. The molecule has 3 aromatic carbocycles. The molecule has 1 aromatic heterocycles. The number of nitrogens with one attached hydrogen (secondary N) is 3. The van der Waals surface area contributed by atoms with Gasteiger partial charge in [0.1, 0.15) is 18.2 Å². The number of benzene rings is 3. The average molecular weight is 592 g/mol. The first-order valence-corrected chi connectivity index (χ1v) is 14.4. The van der Waals surface area contributed by atoms with Crippen LogP contribution in [0.4, 0.5) is 10.1 Å². The van der Waals surface area contributed by atoms with Crippen molar-refractivity contribution in [2.24, 2.45) is 0 Å². The normalized spacial score (nSPS) is 12.1. The molecule has 1 atom stereocenters. The molecule has 0 saturated carbocycles. The third-order valence-corrected chi connectivity index (χ3v) is 6.42. The van der Waals surface area contributed by atoms with Crippen LogP contribution in [0.15, 0.2) is 79.1 Å². The van der Waals surface area contributed by atoms with Gasteiger partial charge in [0.15, 0.2) is 0 Å². The number of amides is 3. The van der Waals surface area contributed by atoms with Gasteiger partial charge in [-0.15, -0.1) is 5.10 Å². The molecule has 0 aliphatic heterocycles. The highest BCUT2D eigenvalue weighted by atomic mass is 32.2. The van der Waals surface area contributed by atoms with Crippen LogP contribution in [0.1, 0.15) is 27.0 Å². The number of hydrogen-bond acceptors (Lipinski definition) is 8. The van der Waals surface area contributed by atoms with Crippen LogP contribution < -0.4 is 15.4 Å². The number of hydrogen-bond donors (Lipinski definition) is 3. The zero-order valence-corrected chi connectivity index (χ0v) is 23.3. The number of rotatable bonds is 10. The molecule has 12 nitrogen and oxygen atoms in total. The molecule has 14 heteroatoms. The summed E-state index contributed by atoms with van der Waals surface area (Å²) in [4.78, 5) is 38.2. The van der Waals surface area contributed by atoms with Crippen molar-refractivity contribution in [2.75, 3.05) is 11.6 Å². The molecule has 3 amide bonds. The first kappa shape index (κ1) is 29.7. The van der Waals surface area contributed by atoms with E-state index in [2.05, 4.69) is 26.2 Å². The van der Waals surface area contributed by atoms with Crippen LogP contribution in [0.3, 0.4) is 0 Å². The maximum atomic E-state index is 14.6. The molecule has 1 heterocycles. The number of aromatic nitrogens is 4. The number of anilines is 1. The molecule has 0 saturated heterocycles. The van der Waals surface area contributed by atoms with Crippen LogP contribution in [0, 0.1) is 12.7 Å². The predicted octanol–water partition coefficient (Wildman–Crippen LogP) is 2.18. The van der Waals surface area contributed by atoms with Crippen molar-refractivity contribution in [3.8, 4) is 5.69 Å². The summed E-state index contributed by atoms with van der Waals surface area (Å²) in [5, 5.41) is 16.4. The number of tetrazole rings is 1. The third kappa shape index (κ3) is 8.14. The Bertz CT molecular complexity index is 1740. The molecule has 3 N–H and O–H groups in total. The van der Waals surface area contributed by atoms with Crippen molar-refractivity contribution in [2.45, 2.75) is 19.4 Å². The molecule has 0 aliphatic carbocycles. The van der Waals surface area contributed by atoms with Crippen LogP contribution in [0.25, 0.3) is 11.8 Å². The summed E-state index contributed by atoms with van der Waals surface area (Å²) in [6.45, 7) is 1.90. The van der Waals surface area contributed by atoms with E-state index in [4.69, 9.17) is 0 Å². The second-order valence-corrected chi connectivity index (χ2v) is 11.0. The molecule has 0 spiro atoms. The zero-order chi connectivity index (χ0) is 30.3. The van der Waals surface area contributed by atoms with E-state index in [1.165, 1.54) is 23.2 Å². The van der Waals surface area contributed by atoms with Crippen molar-refractivity contribution < 1.29 is 27.2 Å². The van der Waals surface area contributed by atoms with Gasteiger partial charge in [0.2, 0.25) is 21.8 Å². The Morgan fingerprint density at radius 3 is 2.48 bits per heavy atom. The monoisotopic (exact) mass is 591 g/mol. The van der Waals surface area contributed by atoms with Crippen molar-refractivity contribution in [3.63, 3.8) is 0 Å². The van der Waals surface area contributed by atoms with E-state index in [9.17, 15) is 27.2 Å². The molecule has 216 valence electrons. The van der Waals surface area contributed by atoms with Gasteiger partial charge in [-0.05, 0) is 59.3 Å². The predicted molar refractivity (Wildman–Crippen MR) is 152 cm³/mol. The number of nitrogens with zero attached hydrogens (tertiary/aromatic N) is 4. The van der Waals surface area contributed by atoms with Gasteiger partial charge in [0, 0.05) is 23.7 Å². The lowest BCUT2D eigenvalue weighted by atomic mass is 10.0. The minimum Gasteiger partial charge on any atom is -0.340 e. The smallest absolute Gasteiger partial charge is 0.267 e. The number of sulfonamides is 1. The number of aryl methyl sites for hydroxylation is 1. The van der Waals surface area contributed by atoms with Crippen LogP contribution >= 0.6 is 0 Å². The lowest BCUT2D eigenvalue weighted by Gasteiger charge is -2.18. The number of halogens is 1. The summed E-state index contributed by atoms with van der Waals surface area (Å²) in [5.41, 5.74) is 2.50. The van der Waals surface area contributed by atoms with Gasteiger partial charge < -0.3 is 10.6 Å². The van der Waals surface area contributed by atoms with Gasteiger partial charge in [-0.1, -0.05) is 42.0 Å². The average Bonchev–Trinajstić information content (AvgIpc) is 3.46. The fraction of sp³-hybridized carbons (Fsp3) is 0.143. The fourth-order valence-electron chi connectivity index (χ4n) is 3.96. The first-order valence-electron chi connectivity index (χ1n) is 12.5.